The molecular weight excluding hydrogens is 286 g/mol. The molecule has 3 rings (SSSR count). The van der Waals surface area contributed by atoms with Crippen LogP contribution in [0.3, 0.4) is 0 Å². The molecule has 0 saturated heterocycles. The van der Waals surface area contributed by atoms with Crippen molar-refractivity contribution < 1.29 is 4.74 Å². The van der Waals surface area contributed by atoms with Crippen LogP contribution in [0.25, 0.3) is 11.0 Å². The molecule has 1 aliphatic rings. The summed E-state index contributed by atoms with van der Waals surface area (Å²) in [5, 5.41) is 9.05. The number of fused-ring (bicyclic) bond motifs is 1. The van der Waals surface area contributed by atoms with E-state index in [1.54, 1.807) is 6.07 Å². The van der Waals surface area contributed by atoms with Crippen LogP contribution in [0, 0.1) is 17.2 Å². The Morgan fingerprint density at radius 3 is 3.00 bits per heavy atom. The molecule has 0 N–H and O–H groups in total. The Morgan fingerprint density at radius 2 is 2.29 bits per heavy atom. The Balaban J connectivity index is 1.80. The van der Waals surface area contributed by atoms with Gasteiger partial charge in [-0.3, -0.25) is 0 Å². The summed E-state index contributed by atoms with van der Waals surface area (Å²) in [5.74, 6) is 2.28. The Hall–Kier alpha value is -1.57. The van der Waals surface area contributed by atoms with Gasteiger partial charge in [-0.05, 0) is 37.0 Å². The molecule has 1 aromatic heterocycles. The first-order chi connectivity index (χ1) is 10.3. The minimum Gasteiger partial charge on any atom is -0.379 e. The first kappa shape index (κ1) is 14.4. The molecule has 1 heterocycles. The van der Waals surface area contributed by atoms with Crippen LogP contribution in [0.15, 0.2) is 18.2 Å². The summed E-state index contributed by atoms with van der Waals surface area (Å²) in [5.41, 5.74) is 2.56. The first-order valence-electron chi connectivity index (χ1n) is 7.35. The number of nitriles is 1. The normalized spacial score (nSPS) is 14.5. The van der Waals surface area contributed by atoms with Gasteiger partial charge in [-0.1, -0.05) is 0 Å². The van der Waals surface area contributed by atoms with Crippen molar-refractivity contribution in [3.8, 4) is 6.07 Å². The van der Waals surface area contributed by atoms with E-state index >= 15 is 0 Å². The number of imidazole rings is 1. The maximum absolute atomic E-state index is 9.05. The number of aromatic nitrogens is 2. The zero-order valence-electron chi connectivity index (χ0n) is 11.9. The number of aryl methyl sites for hydroxylation is 1. The molecule has 110 valence electrons. The van der Waals surface area contributed by atoms with Crippen molar-refractivity contribution in [2.24, 2.45) is 5.92 Å². The summed E-state index contributed by atoms with van der Waals surface area (Å²) in [4.78, 5) is 4.62. The van der Waals surface area contributed by atoms with Gasteiger partial charge in [-0.25, -0.2) is 4.98 Å². The molecule has 0 unspecified atom stereocenters. The lowest BCUT2D eigenvalue weighted by Crippen LogP contribution is -2.11. The predicted molar refractivity (Wildman–Crippen MR) is 82.4 cm³/mol. The summed E-state index contributed by atoms with van der Waals surface area (Å²) in [6, 6.07) is 7.76. The molecule has 0 atom stereocenters. The highest BCUT2D eigenvalue weighted by molar-refractivity contribution is 6.17. The second kappa shape index (κ2) is 6.46. The molecule has 1 aromatic carbocycles. The molecule has 0 aliphatic heterocycles. The van der Waals surface area contributed by atoms with Gasteiger partial charge in [-0.15, -0.1) is 11.6 Å². The van der Waals surface area contributed by atoms with Crippen LogP contribution in [-0.4, -0.2) is 28.6 Å². The van der Waals surface area contributed by atoms with Gasteiger partial charge in [0.05, 0.1) is 29.3 Å². The SMILES string of the molecule is N#Cc1ccc2nc(CCCl)n(CCOCC3CC3)c2c1. The van der Waals surface area contributed by atoms with E-state index < -0.39 is 0 Å². The number of alkyl halides is 1. The van der Waals surface area contributed by atoms with Crippen LogP contribution in [0.5, 0.6) is 0 Å². The second-order valence-corrected chi connectivity index (χ2v) is 5.83. The third-order valence-corrected chi connectivity index (χ3v) is 3.97. The maximum Gasteiger partial charge on any atom is 0.111 e. The second-order valence-electron chi connectivity index (χ2n) is 5.45. The lowest BCUT2D eigenvalue weighted by Gasteiger charge is -2.09. The van der Waals surface area contributed by atoms with Crippen molar-refractivity contribution in [1.29, 1.82) is 5.26 Å². The van der Waals surface area contributed by atoms with E-state index in [0.717, 1.165) is 42.3 Å². The van der Waals surface area contributed by atoms with Crippen molar-refractivity contribution in [2.75, 3.05) is 19.1 Å². The minimum absolute atomic E-state index is 0.539. The summed E-state index contributed by atoms with van der Waals surface area (Å²) in [6.07, 6.45) is 3.33. The smallest absolute Gasteiger partial charge is 0.111 e. The molecule has 5 heteroatoms. The number of halogens is 1. The number of rotatable bonds is 7. The monoisotopic (exact) mass is 303 g/mol. The van der Waals surface area contributed by atoms with Crippen LogP contribution >= 0.6 is 11.6 Å². The zero-order valence-corrected chi connectivity index (χ0v) is 12.6. The number of hydrogen-bond acceptors (Lipinski definition) is 3. The fourth-order valence-electron chi connectivity index (χ4n) is 2.46. The molecule has 21 heavy (non-hydrogen) atoms. The molecule has 0 radical (unpaired) electrons. The van der Waals surface area contributed by atoms with Gasteiger partial charge in [0, 0.05) is 25.5 Å². The Kier molecular flexibility index (Phi) is 4.42. The number of ether oxygens (including phenoxy) is 1. The maximum atomic E-state index is 9.05. The molecule has 0 bridgehead atoms. The number of nitrogens with zero attached hydrogens (tertiary/aromatic N) is 3. The molecule has 2 aromatic rings. The van der Waals surface area contributed by atoms with E-state index in [0.29, 0.717) is 18.1 Å². The highest BCUT2D eigenvalue weighted by Gasteiger charge is 2.21. The fourth-order valence-corrected chi connectivity index (χ4v) is 2.63. The number of hydrogen-bond donors (Lipinski definition) is 0. The first-order valence-corrected chi connectivity index (χ1v) is 7.88. The fraction of sp³-hybridized carbons (Fsp3) is 0.500. The highest BCUT2D eigenvalue weighted by Crippen LogP contribution is 2.28. The third kappa shape index (κ3) is 3.37. The molecule has 0 spiro atoms. The summed E-state index contributed by atoms with van der Waals surface area (Å²) < 4.78 is 7.85. The van der Waals surface area contributed by atoms with Gasteiger partial charge in [0.25, 0.3) is 0 Å². The van der Waals surface area contributed by atoms with E-state index in [-0.39, 0.29) is 0 Å². The average molecular weight is 304 g/mol. The van der Waals surface area contributed by atoms with Crippen molar-refractivity contribution in [2.45, 2.75) is 25.8 Å². The van der Waals surface area contributed by atoms with E-state index in [4.69, 9.17) is 21.6 Å². The van der Waals surface area contributed by atoms with E-state index in [2.05, 4.69) is 15.6 Å². The molecule has 1 saturated carbocycles. The van der Waals surface area contributed by atoms with Gasteiger partial charge in [-0.2, -0.15) is 5.26 Å². The van der Waals surface area contributed by atoms with Crippen molar-refractivity contribution >= 4 is 22.6 Å². The van der Waals surface area contributed by atoms with E-state index in [1.165, 1.54) is 12.8 Å². The molecule has 4 nitrogen and oxygen atoms in total. The third-order valence-electron chi connectivity index (χ3n) is 3.78. The quantitative estimate of drug-likeness (QED) is 0.583. The standard InChI is InChI=1S/C16H18ClN3O/c17-6-5-16-19-14-4-3-13(10-18)9-15(14)20(16)7-8-21-11-12-1-2-12/h3-4,9,12H,1-2,5-8,11H2. The van der Waals surface area contributed by atoms with Gasteiger partial charge >= 0.3 is 0 Å². The summed E-state index contributed by atoms with van der Waals surface area (Å²) in [7, 11) is 0. The molecule has 1 fully saturated rings. The van der Waals surface area contributed by atoms with Gasteiger partial charge in [0.1, 0.15) is 5.82 Å². The van der Waals surface area contributed by atoms with Crippen LogP contribution in [0.4, 0.5) is 0 Å². The Morgan fingerprint density at radius 1 is 1.43 bits per heavy atom. The van der Waals surface area contributed by atoms with Crippen molar-refractivity contribution in [3.05, 3.63) is 29.6 Å². The molecule has 1 aliphatic carbocycles. The van der Waals surface area contributed by atoms with Gasteiger partial charge in [0.15, 0.2) is 0 Å². The van der Waals surface area contributed by atoms with Crippen LogP contribution < -0.4 is 0 Å². The van der Waals surface area contributed by atoms with Crippen molar-refractivity contribution in [3.63, 3.8) is 0 Å². The van der Waals surface area contributed by atoms with Crippen LogP contribution in [-0.2, 0) is 17.7 Å². The Labute approximate surface area is 129 Å². The van der Waals surface area contributed by atoms with E-state index in [1.807, 2.05) is 12.1 Å². The lowest BCUT2D eigenvalue weighted by atomic mass is 10.2. The van der Waals surface area contributed by atoms with Crippen LogP contribution in [0.1, 0.15) is 24.2 Å². The average Bonchev–Trinajstić information content (AvgIpc) is 3.26. The summed E-state index contributed by atoms with van der Waals surface area (Å²) in [6.45, 7) is 2.29. The predicted octanol–water partition coefficient (Wildman–Crippen LogP) is 3.12. The summed E-state index contributed by atoms with van der Waals surface area (Å²) >= 11 is 5.87. The minimum atomic E-state index is 0.539. The molecular formula is C16H18ClN3O. The topological polar surface area (TPSA) is 50.8 Å². The van der Waals surface area contributed by atoms with Crippen LogP contribution in [0.2, 0.25) is 0 Å². The van der Waals surface area contributed by atoms with Gasteiger partial charge < -0.3 is 9.30 Å². The highest BCUT2D eigenvalue weighted by atomic mass is 35.5. The number of benzene rings is 1. The molecule has 0 amide bonds. The largest absolute Gasteiger partial charge is 0.379 e. The lowest BCUT2D eigenvalue weighted by molar-refractivity contribution is 0.117. The van der Waals surface area contributed by atoms with E-state index in [9.17, 15) is 0 Å². The van der Waals surface area contributed by atoms with Gasteiger partial charge in [0.2, 0.25) is 0 Å². The van der Waals surface area contributed by atoms with Crippen molar-refractivity contribution in [1.82, 2.24) is 9.55 Å². The zero-order chi connectivity index (χ0) is 14.7. The Bertz CT molecular complexity index is 670.